The van der Waals surface area contributed by atoms with Gasteiger partial charge in [0.15, 0.2) is 0 Å². The molecule has 1 saturated heterocycles. The number of nitrogens with zero attached hydrogens (tertiary/aromatic N) is 5. The monoisotopic (exact) mass is 666 g/mol. The normalized spacial score (nSPS) is 20.2. The topological polar surface area (TPSA) is 150 Å². The van der Waals surface area contributed by atoms with Crippen LogP contribution >= 0.6 is 12.2 Å². The van der Waals surface area contributed by atoms with Crippen molar-refractivity contribution in [2.75, 3.05) is 37.3 Å². The van der Waals surface area contributed by atoms with E-state index in [9.17, 15) is 48.3 Å². The lowest BCUT2D eigenvalue weighted by Gasteiger charge is -2.43. The van der Waals surface area contributed by atoms with Crippen molar-refractivity contribution in [3.8, 4) is 0 Å². The Labute approximate surface area is 243 Å². The summed E-state index contributed by atoms with van der Waals surface area (Å²) < 4.78 is 134. The zero-order valence-electron chi connectivity index (χ0n) is 22.4. The quantitative estimate of drug-likeness (QED) is 0.311. The van der Waals surface area contributed by atoms with Crippen LogP contribution in [-0.2, 0) is 25.6 Å². The summed E-state index contributed by atoms with van der Waals surface area (Å²) in [6, 6.07) is -1.66. The van der Waals surface area contributed by atoms with E-state index in [0.717, 1.165) is 14.9 Å². The summed E-state index contributed by atoms with van der Waals surface area (Å²) in [6.07, 6.45) is -8.21. The maximum Gasteiger partial charge on any atom is 0.430 e. The van der Waals surface area contributed by atoms with E-state index in [1.54, 1.807) is 13.8 Å². The first-order valence-corrected chi connectivity index (χ1v) is 15.8. The van der Waals surface area contributed by atoms with Crippen LogP contribution in [0.2, 0.25) is 0 Å². The molecule has 11 nitrogen and oxygen atoms in total. The van der Waals surface area contributed by atoms with E-state index in [-0.39, 0.29) is 60.5 Å². The van der Waals surface area contributed by atoms with E-state index in [0.29, 0.717) is 0 Å². The van der Waals surface area contributed by atoms with Crippen molar-refractivity contribution in [3.63, 3.8) is 0 Å². The molecule has 0 aromatic carbocycles. The van der Waals surface area contributed by atoms with Crippen LogP contribution in [0.15, 0.2) is 35.1 Å². The highest BCUT2D eigenvalue weighted by atomic mass is 32.2. The van der Waals surface area contributed by atoms with Crippen LogP contribution in [0, 0.1) is 0 Å². The first-order chi connectivity index (χ1) is 19.0. The molecular weight excluding hydrogens is 638 g/mol. The molecule has 1 aromatic rings. The van der Waals surface area contributed by atoms with E-state index < -0.39 is 61.6 Å². The molecule has 0 amide bonds. The van der Waals surface area contributed by atoms with E-state index in [1.165, 1.54) is 17.1 Å². The molecule has 3 N–H and O–H groups in total. The number of sulfonamides is 2. The second-order valence-electron chi connectivity index (χ2n) is 9.95. The number of nitrogens with two attached hydrogens (primary N) is 1. The lowest BCUT2D eigenvalue weighted by atomic mass is 9.95. The minimum Gasteiger partial charge on any atom is -0.399 e. The van der Waals surface area contributed by atoms with Gasteiger partial charge in [-0.1, -0.05) is 18.3 Å². The molecule has 0 unspecified atom stereocenters. The number of thiocarbonyl (C=S) groups is 1. The Morgan fingerprint density at radius 1 is 1.10 bits per heavy atom. The van der Waals surface area contributed by atoms with Crippen molar-refractivity contribution in [2.45, 2.75) is 50.3 Å². The predicted molar refractivity (Wildman–Crippen MR) is 144 cm³/mol. The number of halogens is 6. The highest BCUT2D eigenvalue weighted by molar-refractivity contribution is 7.96. The van der Waals surface area contributed by atoms with E-state index in [4.69, 9.17) is 18.0 Å². The van der Waals surface area contributed by atoms with E-state index >= 15 is 0 Å². The molecule has 1 aliphatic heterocycles. The molecule has 0 saturated carbocycles. The third kappa shape index (κ3) is 6.57. The Hall–Kier alpha value is -2.39. The number of anilines is 1. The Bertz CT molecular complexity index is 1460. The largest absolute Gasteiger partial charge is 0.430 e. The molecule has 20 heteroatoms. The van der Waals surface area contributed by atoms with Crippen LogP contribution in [0.4, 0.5) is 32.3 Å². The molecule has 0 radical (unpaired) electrons. The Morgan fingerprint density at radius 3 is 2.12 bits per heavy atom. The second kappa shape index (κ2) is 11.6. The summed E-state index contributed by atoms with van der Waals surface area (Å²) in [5.41, 5.74) is -0.999. The van der Waals surface area contributed by atoms with Crippen LogP contribution in [-0.4, -0.2) is 102 Å². The minimum absolute atomic E-state index is 0.101. The summed E-state index contributed by atoms with van der Waals surface area (Å²) in [7, 11) is -8.10. The van der Waals surface area contributed by atoms with Gasteiger partial charge in [0.25, 0.3) is 5.60 Å². The fourth-order valence-corrected chi connectivity index (χ4v) is 7.80. The van der Waals surface area contributed by atoms with Crippen LogP contribution in [0.3, 0.4) is 0 Å². The van der Waals surface area contributed by atoms with Gasteiger partial charge in [-0.3, -0.25) is 0 Å². The smallest absolute Gasteiger partial charge is 0.399 e. The molecule has 0 bridgehead atoms. The standard InChI is InChI=1S/C22H28F6N6O5S3/c1-13(2)34(41(3,36)37)12-16-11-32(42(38,39)18-8-15(29)4-5-17(18)40)6-7-33(16)19-30-9-14(10-31-19)20(35,21(23,24)25)22(26,27)28/h4,8-10,13,16,35H,5-7,11-12,29H2,1-3H3/t16-/m1/s1. The molecule has 1 fully saturated rings. The molecule has 1 atom stereocenters. The number of piperazine rings is 1. The van der Waals surface area contributed by atoms with Crippen molar-refractivity contribution in [1.82, 2.24) is 18.6 Å². The van der Waals surface area contributed by atoms with E-state index in [1.807, 2.05) is 0 Å². The summed E-state index contributed by atoms with van der Waals surface area (Å²) in [4.78, 5) is 8.41. The first kappa shape index (κ1) is 34.1. The summed E-state index contributed by atoms with van der Waals surface area (Å²) >= 11 is 5.20. The van der Waals surface area contributed by atoms with Gasteiger partial charge in [0, 0.05) is 67.2 Å². The van der Waals surface area contributed by atoms with Crippen LogP contribution in [0.5, 0.6) is 0 Å². The van der Waals surface area contributed by atoms with Gasteiger partial charge in [-0.15, -0.1) is 0 Å². The molecule has 2 aliphatic rings. The lowest BCUT2D eigenvalue weighted by Crippen LogP contribution is -2.60. The molecular formula is C22H28F6N6O5S3. The van der Waals surface area contributed by atoms with Gasteiger partial charge in [-0.05, 0) is 19.9 Å². The van der Waals surface area contributed by atoms with Gasteiger partial charge in [-0.25, -0.2) is 26.8 Å². The number of aliphatic hydroxyl groups is 1. The second-order valence-corrected chi connectivity index (χ2v) is 14.3. The van der Waals surface area contributed by atoms with Crippen molar-refractivity contribution < 1.29 is 48.3 Å². The highest BCUT2D eigenvalue weighted by Crippen LogP contribution is 2.49. The molecule has 42 heavy (non-hydrogen) atoms. The van der Waals surface area contributed by atoms with Gasteiger partial charge >= 0.3 is 12.4 Å². The maximum absolute atomic E-state index is 13.5. The van der Waals surface area contributed by atoms with Crippen molar-refractivity contribution in [2.24, 2.45) is 5.73 Å². The van der Waals surface area contributed by atoms with Crippen LogP contribution < -0.4 is 10.6 Å². The number of aromatic nitrogens is 2. The van der Waals surface area contributed by atoms with Crippen molar-refractivity contribution in [1.29, 1.82) is 0 Å². The summed E-state index contributed by atoms with van der Waals surface area (Å²) in [5.74, 6) is -0.413. The number of allylic oxidation sites excluding steroid dienone is 3. The lowest BCUT2D eigenvalue weighted by molar-refractivity contribution is -0.376. The molecule has 2 heterocycles. The number of hydrogen-bond acceptors (Lipinski definition) is 10. The number of hydrogen-bond donors (Lipinski definition) is 2. The van der Waals surface area contributed by atoms with Gasteiger partial charge in [-0.2, -0.15) is 35.0 Å². The molecule has 1 aromatic heterocycles. The van der Waals surface area contributed by atoms with Gasteiger partial charge in [0.2, 0.25) is 26.0 Å². The number of alkyl halides is 6. The maximum atomic E-state index is 13.5. The molecule has 1 aliphatic carbocycles. The van der Waals surface area contributed by atoms with Gasteiger partial charge in [0.1, 0.15) is 0 Å². The minimum atomic E-state index is -6.15. The average molecular weight is 667 g/mol. The fourth-order valence-electron chi connectivity index (χ4n) is 4.51. The summed E-state index contributed by atoms with van der Waals surface area (Å²) in [5, 5.41) is 9.65. The average Bonchev–Trinajstić information content (AvgIpc) is 2.85. The molecule has 236 valence electrons. The van der Waals surface area contributed by atoms with Crippen molar-refractivity contribution >= 4 is 43.1 Å². The Morgan fingerprint density at radius 2 is 1.64 bits per heavy atom. The first-order valence-electron chi connectivity index (χ1n) is 12.1. The Kier molecular flexibility index (Phi) is 9.42. The molecule has 0 spiro atoms. The SMILES string of the molecule is CC(C)N(C[C@H]1CN(S(=O)(=O)C2=CC(N)=CCC2=S)CCN1c1ncc(C(O)(C(F)(F)F)C(F)(F)F)cn1)S(C)(=O)=O. The van der Waals surface area contributed by atoms with Crippen LogP contribution in [0.1, 0.15) is 25.8 Å². The summed E-state index contributed by atoms with van der Waals surface area (Å²) in [6.45, 7) is 1.93. The van der Waals surface area contributed by atoms with E-state index in [2.05, 4.69) is 9.97 Å². The zero-order chi connectivity index (χ0) is 32.1. The number of rotatable bonds is 8. The fraction of sp³-hybridized carbons (Fsp3) is 0.591. The third-order valence-corrected chi connectivity index (χ3v) is 10.6. The third-order valence-electron chi connectivity index (χ3n) is 6.69. The highest BCUT2D eigenvalue weighted by Gasteiger charge is 2.71. The van der Waals surface area contributed by atoms with Gasteiger partial charge < -0.3 is 15.7 Å². The van der Waals surface area contributed by atoms with Gasteiger partial charge in [0.05, 0.1) is 17.2 Å². The zero-order valence-corrected chi connectivity index (χ0v) is 24.8. The van der Waals surface area contributed by atoms with Crippen LogP contribution in [0.25, 0.3) is 0 Å². The van der Waals surface area contributed by atoms with Crippen molar-refractivity contribution in [3.05, 3.63) is 40.7 Å². The predicted octanol–water partition coefficient (Wildman–Crippen LogP) is 1.78. The Balaban J connectivity index is 2.04. The molecule has 3 rings (SSSR count).